The first-order valence-corrected chi connectivity index (χ1v) is 5.63. The molecule has 0 radical (unpaired) electrons. The van der Waals surface area contributed by atoms with Gasteiger partial charge in [-0.3, -0.25) is 0 Å². The van der Waals surface area contributed by atoms with E-state index in [-0.39, 0.29) is 0 Å². The summed E-state index contributed by atoms with van der Waals surface area (Å²) < 4.78 is 5.55. The maximum Gasteiger partial charge on any atom is 0.112 e. The van der Waals surface area contributed by atoms with Crippen LogP contribution in [-0.4, -0.2) is 35.8 Å². The molecular weight excluding hydrogens is 202 g/mol. The normalized spacial score (nSPS) is 21.6. The van der Waals surface area contributed by atoms with Crippen molar-refractivity contribution in [1.82, 2.24) is 9.97 Å². The molecule has 1 aliphatic rings. The fraction of sp³-hybridized carbons (Fsp3) is 0.417. The Morgan fingerprint density at radius 1 is 1.50 bits per heavy atom. The van der Waals surface area contributed by atoms with E-state index >= 15 is 0 Å². The quantitative estimate of drug-likeness (QED) is 0.791. The fourth-order valence-electron chi connectivity index (χ4n) is 2.24. The Morgan fingerprint density at radius 2 is 2.44 bits per heavy atom. The number of aromatic amines is 1. The zero-order valence-electron chi connectivity index (χ0n) is 9.31. The van der Waals surface area contributed by atoms with Crippen LogP contribution in [0.15, 0.2) is 24.5 Å². The molecule has 0 saturated carbocycles. The second-order valence-electron chi connectivity index (χ2n) is 4.20. The molecule has 1 aromatic carbocycles. The third-order valence-electron chi connectivity index (χ3n) is 3.01. The molecule has 1 N–H and O–H groups in total. The SMILES string of the molecule is C[C@H]1CN(c2cccc3[nH]cnc23)CCO1. The van der Waals surface area contributed by atoms with Crippen LogP contribution in [-0.2, 0) is 4.74 Å². The lowest BCUT2D eigenvalue weighted by Gasteiger charge is -2.33. The number of fused-ring (bicyclic) bond motifs is 1. The number of hydrogen-bond donors (Lipinski definition) is 1. The molecule has 2 heterocycles. The van der Waals surface area contributed by atoms with E-state index in [1.807, 2.05) is 0 Å². The van der Waals surface area contributed by atoms with Crippen LogP contribution in [0.5, 0.6) is 0 Å². The van der Waals surface area contributed by atoms with Crippen LogP contribution in [0.4, 0.5) is 5.69 Å². The lowest BCUT2D eigenvalue weighted by atomic mass is 10.2. The first-order valence-electron chi connectivity index (χ1n) is 5.63. The molecule has 3 rings (SSSR count). The van der Waals surface area contributed by atoms with E-state index in [0.717, 1.165) is 30.7 Å². The number of rotatable bonds is 1. The first kappa shape index (κ1) is 9.66. The van der Waals surface area contributed by atoms with Gasteiger partial charge in [-0.2, -0.15) is 0 Å². The van der Waals surface area contributed by atoms with Gasteiger partial charge in [0.15, 0.2) is 0 Å². The van der Waals surface area contributed by atoms with Crippen LogP contribution < -0.4 is 4.90 Å². The van der Waals surface area contributed by atoms with Gasteiger partial charge in [0.2, 0.25) is 0 Å². The van der Waals surface area contributed by atoms with Crippen molar-refractivity contribution < 1.29 is 4.74 Å². The second kappa shape index (κ2) is 3.79. The lowest BCUT2D eigenvalue weighted by Crippen LogP contribution is -2.41. The third-order valence-corrected chi connectivity index (χ3v) is 3.01. The fourth-order valence-corrected chi connectivity index (χ4v) is 2.24. The lowest BCUT2D eigenvalue weighted by molar-refractivity contribution is 0.0533. The van der Waals surface area contributed by atoms with Gasteiger partial charge in [-0.15, -0.1) is 0 Å². The zero-order chi connectivity index (χ0) is 11.0. The molecule has 1 aromatic heterocycles. The van der Waals surface area contributed by atoms with Crippen LogP contribution in [0.2, 0.25) is 0 Å². The maximum absolute atomic E-state index is 5.55. The number of hydrogen-bond acceptors (Lipinski definition) is 3. The van der Waals surface area contributed by atoms with Crippen molar-refractivity contribution in [1.29, 1.82) is 0 Å². The van der Waals surface area contributed by atoms with Crippen molar-refractivity contribution in [3.63, 3.8) is 0 Å². The van der Waals surface area contributed by atoms with Gasteiger partial charge in [0.05, 0.1) is 30.2 Å². The Labute approximate surface area is 94.2 Å². The number of ether oxygens (including phenoxy) is 1. The number of nitrogens with zero attached hydrogens (tertiary/aromatic N) is 2. The maximum atomic E-state index is 5.55. The summed E-state index contributed by atoms with van der Waals surface area (Å²) in [5.41, 5.74) is 3.35. The smallest absolute Gasteiger partial charge is 0.112 e. The van der Waals surface area contributed by atoms with E-state index in [0.29, 0.717) is 6.10 Å². The summed E-state index contributed by atoms with van der Waals surface area (Å²) in [6, 6.07) is 6.24. The van der Waals surface area contributed by atoms with Gasteiger partial charge in [0, 0.05) is 13.1 Å². The van der Waals surface area contributed by atoms with Gasteiger partial charge in [-0.05, 0) is 19.1 Å². The number of aromatic nitrogens is 2. The number of nitrogens with one attached hydrogen (secondary N) is 1. The van der Waals surface area contributed by atoms with Crippen LogP contribution in [0.1, 0.15) is 6.92 Å². The predicted molar refractivity (Wildman–Crippen MR) is 63.7 cm³/mol. The van der Waals surface area contributed by atoms with Gasteiger partial charge in [0.25, 0.3) is 0 Å². The summed E-state index contributed by atoms with van der Waals surface area (Å²) >= 11 is 0. The summed E-state index contributed by atoms with van der Waals surface area (Å²) in [5.74, 6) is 0. The number of imidazole rings is 1. The average Bonchev–Trinajstić information content (AvgIpc) is 2.76. The molecule has 0 unspecified atom stereocenters. The van der Waals surface area contributed by atoms with Crippen molar-refractivity contribution in [2.75, 3.05) is 24.6 Å². The largest absolute Gasteiger partial charge is 0.375 e. The monoisotopic (exact) mass is 217 g/mol. The highest BCUT2D eigenvalue weighted by Crippen LogP contribution is 2.25. The number of anilines is 1. The van der Waals surface area contributed by atoms with Crippen molar-refractivity contribution >= 4 is 16.7 Å². The average molecular weight is 217 g/mol. The summed E-state index contributed by atoms with van der Waals surface area (Å²) in [7, 11) is 0. The molecule has 0 bridgehead atoms. The van der Waals surface area contributed by atoms with Crippen molar-refractivity contribution in [2.24, 2.45) is 0 Å². The summed E-state index contributed by atoms with van der Waals surface area (Å²) in [4.78, 5) is 9.87. The van der Waals surface area contributed by atoms with Crippen LogP contribution in [0, 0.1) is 0 Å². The van der Waals surface area contributed by atoms with Crippen molar-refractivity contribution in [2.45, 2.75) is 13.0 Å². The Balaban J connectivity index is 2.01. The number of morpholine rings is 1. The third kappa shape index (κ3) is 1.55. The number of H-pyrrole nitrogens is 1. The molecule has 4 nitrogen and oxygen atoms in total. The number of benzene rings is 1. The van der Waals surface area contributed by atoms with Crippen molar-refractivity contribution in [3.8, 4) is 0 Å². The first-order chi connectivity index (χ1) is 7.84. The minimum absolute atomic E-state index is 0.294. The van der Waals surface area contributed by atoms with E-state index in [2.05, 4.69) is 40.0 Å². The summed E-state index contributed by atoms with van der Waals surface area (Å²) in [5, 5.41) is 0. The van der Waals surface area contributed by atoms with E-state index < -0.39 is 0 Å². The van der Waals surface area contributed by atoms with Gasteiger partial charge < -0.3 is 14.6 Å². The molecule has 1 saturated heterocycles. The van der Waals surface area contributed by atoms with Gasteiger partial charge >= 0.3 is 0 Å². The minimum Gasteiger partial charge on any atom is -0.375 e. The topological polar surface area (TPSA) is 41.2 Å². The Hall–Kier alpha value is -1.55. The molecule has 1 fully saturated rings. The van der Waals surface area contributed by atoms with Gasteiger partial charge in [-0.25, -0.2) is 4.98 Å². The zero-order valence-corrected chi connectivity index (χ0v) is 9.31. The Morgan fingerprint density at radius 3 is 3.31 bits per heavy atom. The molecule has 0 aliphatic carbocycles. The molecule has 1 atom stereocenters. The summed E-state index contributed by atoms with van der Waals surface area (Å²) in [6.07, 6.45) is 2.04. The van der Waals surface area contributed by atoms with Gasteiger partial charge in [-0.1, -0.05) is 6.07 Å². The van der Waals surface area contributed by atoms with E-state index in [4.69, 9.17) is 4.74 Å². The second-order valence-corrected chi connectivity index (χ2v) is 4.20. The van der Waals surface area contributed by atoms with Crippen LogP contribution in [0.25, 0.3) is 11.0 Å². The highest BCUT2D eigenvalue weighted by Gasteiger charge is 2.19. The molecule has 1 aliphatic heterocycles. The molecule has 0 amide bonds. The standard InChI is InChI=1S/C12H15N3O/c1-9-7-15(5-6-16-9)11-4-2-3-10-12(11)14-8-13-10/h2-4,8-9H,5-7H2,1H3,(H,13,14)/t9-/m0/s1. The molecule has 4 heteroatoms. The van der Waals surface area contributed by atoms with Crippen LogP contribution >= 0.6 is 0 Å². The highest BCUT2D eigenvalue weighted by atomic mass is 16.5. The van der Waals surface area contributed by atoms with Gasteiger partial charge in [0.1, 0.15) is 5.52 Å². The van der Waals surface area contributed by atoms with E-state index in [1.54, 1.807) is 6.33 Å². The Bertz CT molecular complexity index is 494. The predicted octanol–water partition coefficient (Wildman–Crippen LogP) is 1.79. The summed E-state index contributed by atoms with van der Waals surface area (Å²) in [6.45, 7) is 4.78. The minimum atomic E-state index is 0.294. The Kier molecular flexibility index (Phi) is 2.29. The van der Waals surface area contributed by atoms with E-state index in [9.17, 15) is 0 Å². The van der Waals surface area contributed by atoms with Crippen molar-refractivity contribution in [3.05, 3.63) is 24.5 Å². The molecular formula is C12H15N3O. The van der Waals surface area contributed by atoms with Crippen LogP contribution in [0.3, 0.4) is 0 Å². The molecule has 84 valence electrons. The number of para-hydroxylation sites is 1. The molecule has 2 aromatic rings. The van der Waals surface area contributed by atoms with E-state index in [1.165, 1.54) is 5.69 Å². The molecule has 0 spiro atoms. The highest BCUT2D eigenvalue weighted by molar-refractivity contribution is 5.88. The molecule has 16 heavy (non-hydrogen) atoms.